The summed E-state index contributed by atoms with van der Waals surface area (Å²) >= 11 is 1.47. The Morgan fingerprint density at radius 2 is 2.57 bits per heavy atom. The van der Waals surface area contributed by atoms with Gasteiger partial charge in [0.1, 0.15) is 0 Å². The van der Waals surface area contributed by atoms with Crippen LogP contribution in [-0.4, -0.2) is 30.5 Å². The minimum Gasteiger partial charge on any atom is -0.385 e. The largest absolute Gasteiger partial charge is 0.385 e. The van der Waals surface area contributed by atoms with Gasteiger partial charge in [0.15, 0.2) is 5.78 Å². The number of carbonyl (C=O) groups excluding carboxylic acids is 1. The number of nitrogens with zero attached hydrogens (tertiary/aromatic N) is 1. The molecule has 1 atom stereocenters. The minimum absolute atomic E-state index is 0.0250. The first-order valence-corrected chi connectivity index (χ1v) is 5.27. The molecule has 0 aliphatic carbocycles. The van der Waals surface area contributed by atoms with Crippen LogP contribution < -0.4 is 5.73 Å². The van der Waals surface area contributed by atoms with E-state index in [0.717, 1.165) is 5.01 Å². The molecule has 1 aromatic rings. The van der Waals surface area contributed by atoms with Crippen LogP contribution in [0.4, 0.5) is 0 Å². The first-order chi connectivity index (χ1) is 6.74. The van der Waals surface area contributed by atoms with Crippen LogP contribution in [0.25, 0.3) is 0 Å². The molecule has 14 heavy (non-hydrogen) atoms. The van der Waals surface area contributed by atoms with Gasteiger partial charge < -0.3 is 10.5 Å². The number of rotatable bonds is 6. The van der Waals surface area contributed by atoms with Crippen molar-refractivity contribution in [3.05, 3.63) is 16.6 Å². The van der Waals surface area contributed by atoms with Gasteiger partial charge in [0, 0.05) is 25.3 Å². The molecule has 0 amide bonds. The molecular formula is C9H14N2O2S. The molecule has 1 rings (SSSR count). The third-order valence-corrected chi connectivity index (χ3v) is 2.64. The second-order valence-corrected chi connectivity index (χ2v) is 3.94. The smallest absolute Gasteiger partial charge is 0.156 e. The number of methoxy groups -OCH3 is 1. The van der Waals surface area contributed by atoms with Crippen LogP contribution >= 0.6 is 11.3 Å². The molecule has 4 nitrogen and oxygen atoms in total. The second-order valence-electron chi connectivity index (χ2n) is 2.96. The number of nitrogens with two attached hydrogens (primary N) is 1. The zero-order valence-corrected chi connectivity index (χ0v) is 8.92. The van der Waals surface area contributed by atoms with E-state index in [4.69, 9.17) is 10.5 Å². The van der Waals surface area contributed by atoms with E-state index in [9.17, 15) is 4.79 Å². The number of hydrogen-bond donors (Lipinski definition) is 1. The Balaban J connectivity index is 2.34. The molecule has 0 radical (unpaired) electrons. The van der Waals surface area contributed by atoms with E-state index in [2.05, 4.69) is 4.98 Å². The number of carbonyl (C=O) groups is 1. The van der Waals surface area contributed by atoms with Crippen molar-refractivity contribution in [3.8, 4) is 0 Å². The monoisotopic (exact) mass is 214 g/mol. The number of aromatic nitrogens is 1. The van der Waals surface area contributed by atoms with E-state index >= 15 is 0 Å². The Hall–Kier alpha value is -0.780. The van der Waals surface area contributed by atoms with Gasteiger partial charge in [0.25, 0.3) is 0 Å². The number of thiazole rings is 1. The van der Waals surface area contributed by atoms with Crippen LogP contribution in [-0.2, 0) is 16.0 Å². The summed E-state index contributed by atoms with van der Waals surface area (Å²) in [4.78, 5) is 15.5. The number of hydrogen-bond acceptors (Lipinski definition) is 5. The van der Waals surface area contributed by atoms with Gasteiger partial charge in [-0.3, -0.25) is 4.79 Å². The van der Waals surface area contributed by atoms with Crippen molar-refractivity contribution in [2.24, 2.45) is 5.73 Å². The molecule has 0 saturated heterocycles. The topological polar surface area (TPSA) is 65.2 Å². The molecule has 0 fully saturated rings. The highest BCUT2D eigenvalue weighted by Gasteiger charge is 2.14. The SMILES string of the molecule is COCCC(N)C(=O)Cc1nccs1. The summed E-state index contributed by atoms with van der Waals surface area (Å²) < 4.78 is 4.85. The maximum absolute atomic E-state index is 11.5. The van der Waals surface area contributed by atoms with Gasteiger partial charge in [-0.2, -0.15) is 0 Å². The Morgan fingerprint density at radius 3 is 3.14 bits per heavy atom. The van der Waals surface area contributed by atoms with Crippen molar-refractivity contribution in [1.82, 2.24) is 4.98 Å². The number of ether oxygens (including phenoxy) is 1. The Bertz CT molecular complexity index is 274. The van der Waals surface area contributed by atoms with Gasteiger partial charge in [-0.25, -0.2) is 4.98 Å². The summed E-state index contributed by atoms with van der Waals surface area (Å²) in [6.07, 6.45) is 2.59. The van der Waals surface area contributed by atoms with Gasteiger partial charge in [0.2, 0.25) is 0 Å². The van der Waals surface area contributed by atoms with E-state index in [0.29, 0.717) is 19.4 Å². The average Bonchev–Trinajstić information content (AvgIpc) is 2.66. The molecule has 0 bridgehead atoms. The van der Waals surface area contributed by atoms with Crippen LogP contribution in [0.3, 0.4) is 0 Å². The standard InChI is InChI=1S/C9H14N2O2S/c1-13-4-2-7(10)8(12)6-9-11-3-5-14-9/h3,5,7H,2,4,6,10H2,1H3. The quantitative estimate of drug-likeness (QED) is 0.754. The van der Waals surface area contributed by atoms with Gasteiger partial charge in [0.05, 0.1) is 17.5 Å². The summed E-state index contributed by atoms with van der Waals surface area (Å²) in [5, 5.41) is 2.67. The summed E-state index contributed by atoms with van der Waals surface area (Å²) in [6, 6.07) is -0.432. The maximum atomic E-state index is 11.5. The fourth-order valence-corrected chi connectivity index (χ4v) is 1.65. The van der Waals surface area contributed by atoms with Crippen molar-refractivity contribution in [3.63, 3.8) is 0 Å². The highest BCUT2D eigenvalue weighted by atomic mass is 32.1. The lowest BCUT2D eigenvalue weighted by Gasteiger charge is -2.08. The molecule has 0 aliphatic rings. The summed E-state index contributed by atoms with van der Waals surface area (Å²) in [5.41, 5.74) is 5.67. The van der Waals surface area contributed by atoms with E-state index < -0.39 is 6.04 Å². The third-order valence-electron chi connectivity index (χ3n) is 1.86. The average molecular weight is 214 g/mol. The van der Waals surface area contributed by atoms with Crippen LogP contribution in [0.1, 0.15) is 11.4 Å². The maximum Gasteiger partial charge on any atom is 0.156 e. The molecule has 0 aromatic carbocycles. The molecule has 2 N–H and O–H groups in total. The molecular weight excluding hydrogens is 200 g/mol. The first-order valence-electron chi connectivity index (χ1n) is 4.39. The van der Waals surface area contributed by atoms with Crippen LogP contribution in [0, 0.1) is 0 Å². The van der Waals surface area contributed by atoms with Crippen molar-refractivity contribution in [2.45, 2.75) is 18.9 Å². The van der Waals surface area contributed by atoms with Gasteiger partial charge in [-0.1, -0.05) is 0 Å². The molecule has 0 aliphatic heterocycles. The molecule has 0 saturated carbocycles. The van der Waals surface area contributed by atoms with E-state index in [1.165, 1.54) is 11.3 Å². The lowest BCUT2D eigenvalue weighted by molar-refractivity contribution is -0.120. The Kier molecular flexibility index (Phi) is 4.72. The van der Waals surface area contributed by atoms with E-state index in [1.807, 2.05) is 5.38 Å². The molecule has 78 valence electrons. The molecule has 5 heteroatoms. The number of Topliss-reactive ketones (excluding diaryl/α,β-unsaturated/α-hetero) is 1. The van der Waals surface area contributed by atoms with Crippen molar-refractivity contribution < 1.29 is 9.53 Å². The summed E-state index contributed by atoms with van der Waals surface area (Å²) in [6.45, 7) is 0.519. The fourth-order valence-electron chi connectivity index (χ4n) is 1.03. The van der Waals surface area contributed by atoms with Crippen molar-refractivity contribution >= 4 is 17.1 Å². The molecule has 1 unspecified atom stereocenters. The summed E-state index contributed by atoms with van der Waals surface area (Å²) in [7, 11) is 1.60. The first kappa shape index (κ1) is 11.3. The van der Waals surface area contributed by atoms with Crippen molar-refractivity contribution in [1.29, 1.82) is 0 Å². The van der Waals surface area contributed by atoms with Crippen LogP contribution in [0.2, 0.25) is 0 Å². The highest BCUT2D eigenvalue weighted by Crippen LogP contribution is 2.06. The zero-order valence-electron chi connectivity index (χ0n) is 8.10. The van der Waals surface area contributed by atoms with Gasteiger partial charge >= 0.3 is 0 Å². The van der Waals surface area contributed by atoms with Gasteiger partial charge in [-0.05, 0) is 6.42 Å². The third kappa shape index (κ3) is 3.53. The minimum atomic E-state index is -0.432. The lowest BCUT2D eigenvalue weighted by atomic mass is 10.1. The Labute approximate surface area is 87.1 Å². The normalized spacial score (nSPS) is 12.7. The lowest BCUT2D eigenvalue weighted by Crippen LogP contribution is -2.32. The fraction of sp³-hybridized carbons (Fsp3) is 0.556. The van der Waals surface area contributed by atoms with Crippen LogP contribution in [0.15, 0.2) is 11.6 Å². The van der Waals surface area contributed by atoms with E-state index in [-0.39, 0.29) is 5.78 Å². The second kappa shape index (κ2) is 5.85. The van der Waals surface area contributed by atoms with E-state index in [1.54, 1.807) is 13.3 Å². The zero-order chi connectivity index (χ0) is 10.4. The van der Waals surface area contributed by atoms with Gasteiger partial charge in [-0.15, -0.1) is 11.3 Å². The highest BCUT2D eigenvalue weighted by molar-refractivity contribution is 7.09. The predicted octanol–water partition coefficient (Wildman–Crippen LogP) is 0.619. The summed E-state index contributed by atoms with van der Waals surface area (Å²) in [5.74, 6) is 0.0250. The molecule has 0 spiro atoms. The molecule has 1 heterocycles. The molecule has 1 aromatic heterocycles. The Morgan fingerprint density at radius 1 is 1.79 bits per heavy atom. The van der Waals surface area contributed by atoms with Crippen molar-refractivity contribution in [2.75, 3.05) is 13.7 Å². The number of ketones is 1. The van der Waals surface area contributed by atoms with Crippen LogP contribution in [0.5, 0.6) is 0 Å². The predicted molar refractivity (Wildman–Crippen MR) is 55.3 cm³/mol.